The predicted molar refractivity (Wildman–Crippen MR) is 112 cm³/mol. The van der Waals surface area contributed by atoms with E-state index in [9.17, 15) is 4.79 Å². The fourth-order valence-corrected chi connectivity index (χ4v) is 3.77. The largest absolute Gasteiger partial charge is 0.353 e. The number of carbonyl (C=O) groups excluding carboxylic acids is 1. The number of hydrogen-bond acceptors (Lipinski definition) is 5. The molecule has 9 heteroatoms. The molecule has 29 heavy (non-hydrogen) atoms. The Kier molecular flexibility index (Phi) is 4.71. The van der Waals surface area contributed by atoms with Gasteiger partial charge in [-0.15, -0.1) is 15.3 Å². The molecule has 8 nitrogen and oxygen atoms in total. The SMILES string of the molecule is O=C(Nc1ccc(Cl)cc1)N1CCCN(c2ccc3nnc(C4CC4)n3n2)CC1. The maximum atomic E-state index is 12.6. The van der Waals surface area contributed by atoms with E-state index in [1.54, 1.807) is 24.3 Å². The molecule has 2 amide bonds. The molecule has 0 unspecified atom stereocenters. The van der Waals surface area contributed by atoms with Crippen LogP contribution in [0.15, 0.2) is 36.4 Å². The van der Waals surface area contributed by atoms with Gasteiger partial charge < -0.3 is 15.1 Å². The van der Waals surface area contributed by atoms with E-state index in [1.807, 2.05) is 21.5 Å². The van der Waals surface area contributed by atoms with Gasteiger partial charge in [0.2, 0.25) is 0 Å². The van der Waals surface area contributed by atoms with Crippen LogP contribution in [0.3, 0.4) is 0 Å². The maximum Gasteiger partial charge on any atom is 0.321 e. The van der Waals surface area contributed by atoms with Gasteiger partial charge in [-0.1, -0.05) is 11.6 Å². The van der Waals surface area contributed by atoms with Crippen LogP contribution in [0.1, 0.15) is 31.0 Å². The number of rotatable bonds is 3. The zero-order valence-electron chi connectivity index (χ0n) is 16.0. The van der Waals surface area contributed by atoms with Crippen LogP contribution >= 0.6 is 11.6 Å². The van der Waals surface area contributed by atoms with E-state index < -0.39 is 0 Å². The molecule has 1 aliphatic heterocycles. The van der Waals surface area contributed by atoms with Gasteiger partial charge in [-0.05, 0) is 55.7 Å². The summed E-state index contributed by atoms with van der Waals surface area (Å²) in [6.45, 7) is 2.92. The molecule has 2 aliphatic rings. The van der Waals surface area contributed by atoms with E-state index in [0.29, 0.717) is 24.0 Å². The third-order valence-electron chi connectivity index (χ3n) is 5.42. The number of hydrogen-bond donors (Lipinski definition) is 1. The highest BCUT2D eigenvalue weighted by molar-refractivity contribution is 6.30. The van der Waals surface area contributed by atoms with Crippen molar-refractivity contribution >= 4 is 34.8 Å². The highest BCUT2D eigenvalue weighted by atomic mass is 35.5. The summed E-state index contributed by atoms with van der Waals surface area (Å²) in [7, 11) is 0. The molecule has 3 aromatic rings. The molecular weight excluding hydrogens is 390 g/mol. The first-order valence-electron chi connectivity index (χ1n) is 9.96. The summed E-state index contributed by atoms with van der Waals surface area (Å²) in [5.74, 6) is 2.35. The first-order valence-corrected chi connectivity index (χ1v) is 10.3. The molecule has 3 heterocycles. The lowest BCUT2D eigenvalue weighted by Gasteiger charge is -2.23. The molecule has 1 aromatic carbocycles. The van der Waals surface area contributed by atoms with Gasteiger partial charge in [0, 0.05) is 42.8 Å². The molecule has 1 aliphatic carbocycles. The Labute approximate surface area is 173 Å². The highest BCUT2D eigenvalue weighted by Gasteiger charge is 2.29. The average Bonchev–Trinajstić information content (AvgIpc) is 3.53. The van der Waals surface area contributed by atoms with Crippen LogP contribution in [0.5, 0.6) is 0 Å². The van der Waals surface area contributed by atoms with Crippen LogP contribution in [-0.2, 0) is 0 Å². The Morgan fingerprint density at radius 1 is 1.00 bits per heavy atom. The highest BCUT2D eigenvalue weighted by Crippen LogP contribution is 2.38. The van der Waals surface area contributed by atoms with Crippen molar-refractivity contribution in [1.82, 2.24) is 24.7 Å². The van der Waals surface area contributed by atoms with Gasteiger partial charge in [-0.25, -0.2) is 4.79 Å². The standard InChI is InChI=1S/C20H22ClN7O/c21-15-4-6-16(7-5-15)22-20(29)27-11-1-10-26(12-13-27)18-9-8-17-23-24-19(14-2-3-14)28(17)25-18/h4-9,14H,1-3,10-13H2,(H,22,29). The Morgan fingerprint density at radius 3 is 2.62 bits per heavy atom. The van der Waals surface area contributed by atoms with Gasteiger partial charge in [-0.3, -0.25) is 0 Å². The topological polar surface area (TPSA) is 78.7 Å². The number of halogens is 1. The zero-order chi connectivity index (χ0) is 19.8. The van der Waals surface area contributed by atoms with Gasteiger partial charge in [0.15, 0.2) is 11.5 Å². The van der Waals surface area contributed by atoms with Crippen molar-refractivity contribution in [2.75, 3.05) is 36.4 Å². The second-order valence-electron chi connectivity index (χ2n) is 7.56. The van der Waals surface area contributed by atoms with Crippen molar-refractivity contribution in [2.45, 2.75) is 25.2 Å². The first kappa shape index (κ1) is 18.2. The summed E-state index contributed by atoms with van der Waals surface area (Å²) in [6, 6.07) is 11.0. The minimum atomic E-state index is -0.0904. The van der Waals surface area contributed by atoms with Gasteiger partial charge in [0.25, 0.3) is 0 Å². The average molecular weight is 412 g/mol. The number of fused-ring (bicyclic) bond motifs is 1. The summed E-state index contributed by atoms with van der Waals surface area (Å²) >= 11 is 5.91. The van der Waals surface area contributed by atoms with Crippen LogP contribution in [0.25, 0.3) is 5.65 Å². The fourth-order valence-electron chi connectivity index (χ4n) is 3.65. The van der Waals surface area contributed by atoms with E-state index >= 15 is 0 Å². The molecule has 0 bridgehead atoms. The summed E-state index contributed by atoms with van der Waals surface area (Å²) in [5.41, 5.74) is 1.53. The zero-order valence-corrected chi connectivity index (χ0v) is 16.7. The summed E-state index contributed by atoms with van der Waals surface area (Å²) in [6.07, 6.45) is 3.20. The lowest BCUT2D eigenvalue weighted by atomic mass is 10.3. The van der Waals surface area contributed by atoms with E-state index in [0.717, 1.165) is 55.3 Å². The van der Waals surface area contributed by atoms with Crippen molar-refractivity contribution in [3.05, 3.63) is 47.2 Å². The predicted octanol–water partition coefficient (Wildman–Crippen LogP) is 3.40. The van der Waals surface area contributed by atoms with Gasteiger partial charge in [0.05, 0.1) is 0 Å². The molecular formula is C20H22ClN7O. The minimum absolute atomic E-state index is 0.0904. The number of urea groups is 1. The second-order valence-corrected chi connectivity index (χ2v) is 8.00. The number of nitrogens with one attached hydrogen (secondary N) is 1. The summed E-state index contributed by atoms with van der Waals surface area (Å²) in [4.78, 5) is 16.7. The molecule has 5 rings (SSSR count). The Hall–Kier alpha value is -2.87. The van der Waals surface area contributed by atoms with Crippen LogP contribution < -0.4 is 10.2 Å². The Balaban J connectivity index is 1.27. The summed E-state index contributed by atoms with van der Waals surface area (Å²) < 4.78 is 1.88. The van der Waals surface area contributed by atoms with E-state index in [-0.39, 0.29) is 6.03 Å². The van der Waals surface area contributed by atoms with Crippen LogP contribution in [-0.4, -0.2) is 56.9 Å². The number of carbonyl (C=O) groups is 1. The van der Waals surface area contributed by atoms with E-state index in [2.05, 4.69) is 20.4 Å². The van der Waals surface area contributed by atoms with Gasteiger partial charge in [0.1, 0.15) is 5.82 Å². The third-order valence-corrected chi connectivity index (χ3v) is 5.67. The smallest absolute Gasteiger partial charge is 0.321 e. The van der Waals surface area contributed by atoms with Gasteiger partial charge >= 0.3 is 6.03 Å². The van der Waals surface area contributed by atoms with Crippen molar-refractivity contribution in [3.63, 3.8) is 0 Å². The monoisotopic (exact) mass is 411 g/mol. The first-order chi connectivity index (χ1) is 14.2. The van der Waals surface area contributed by atoms with Crippen LogP contribution in [0, 0.1) is 0 Å². The molecule has 0 radical (unpaired) electrons. The number of aromatic nitrogens is 4. The quantitative estimate of drug-likeness (QED) is 0.714. The van der Waals surface area contributed by atoms with Crippen molar-refractivity contribution < 1.29 is 4.79 Å². The maximum absolute atomic E-state index is 12.6. The van der Waals surface area contributed by atoms with Crippen molar-refractivity contribution in [3.8, 4) is 0 Å². The Bertz CT molecular complexity index is 1030. The molecule has 1 saturated heterocycles. The number of amides is 2. The molecule has 2 fully saturated rings. The van der Waals surface area contributed by atoms with Crippen LogP contribution in [0.4, 0.5) is 16.3 Å². The molecule has 0 atom stereocenters. The molecule has 1 saturated carbocycles. The summed E-state index contributed by atoms with van der Waals surface area (Å²) in [5, 5.41) is 16.9. The molecule has 1 N–H and O–H groups in total. The number of nitrogens with zero attached hydrogens (tertiary/aromatic N) is 6. The van der Waals surface area contributed by atoms with Gasteiger partial charge in [-0.2, -0.15) is 4.52 Å². The van der Waals surface area contributed by atoms with E-state index in [4.69, 9.17) is 16.7 Å². The lowest BCUT2D eigenvalue weighted by Crippen LogP contribution is -2.38. The third kappa shape index (κ3) is 3.85. The number of benzene rings is 1. The molecule has 0 spiro atoms. The molecule has 2 aromatic heterocycles. The lowest BCUT2D eigenvalue weighted by molar-refractivity contribution is 0.215. The number of anilines is 2. The fraction of sp³-hybridized carbons (Fsp3) is 0.400. The van der Waals surface area contributed by atoms with E-state index in [1.165, 1.54) is 0 Å². The van der Waals surface area contributed by atoms with Crippen LogP contribution in [0.2, 0.25) is 5.02 Å². The molecule has 150 valence electrons. The van der Waals surface area contributed by atoms with Crippen molar-refractivity contribution in [1.29, 1.82) is 0 Å². The second kappa shape index (κ2) is 7.51. The minimum Gasteiger partial charge on any atom is -0.353 e. The van der Waals surface area contributed by atoms with Crippen molar-refractivity contribution in [2.24, 2.45) is 0 Å². The normalized spacial score (nSPS) is 17.4. The Morgan fingerprint density at radius 2 is 1.83 bits per heavy atom.